The van der Waals surface area contributed by atoms with Crippen LogP contribution in [0.1, 0.15) is 17.9 Å². The van der Waals surface area contributed by atoms with E-state index in [2.05, 4.69) is 10.3 Å². The van der Waals surface area contributed by atoms with E-state index < -0.39 is 6.10 Å². The zero-order chi connectivity index (χ0) is 7.56. The minimum atomic E-state index is -0.403. The third kappa shape index (κ3) is 2.89. The standard InChI is InChI=1S/C6H10N2OS.W/c1-4(9)5-3-8-6(7-2)10-5;/h3-4,9H,1-2H3,(H,7,8);. The van der Waals surface area contributed by atoms with Crippen LogP contribution in [-0.4, -0.2) is 17.1 Å². The minimum absolute atomic E-state index is 0. The van der Waals surface area contributed by atoms with Crippen LogP contribution in [0.2, 0.25) is 0 Å². The van der Waals surface area contributed by atoms with Gasteiger partial charge in [-0.15, -0.1) is 0 Å². The summed E-state index contributed by atoms with van der Waals surface area (Å²) in [6, 6.07) is 0. The maximum atomic E-state index is 9.08. The molecule has 0 radical (unpaired) electrons. The largest absolute Gasteiger partial charge is 0.388 e. The fraction of sp³-hybridized carbons (Fsp3) is 0.500. The average molecular weight is 342 g/mol. The van der Waals surface area contributed by atoms with E-state index in [-0.39, 0.29) is 21.1 Å². The Morgan fingerprint density at radius 1 is 1.73 bits per heavy atom. The first-order chi connectivity index (χ1) is 4.74. The summed E-state index contributed by atoms with van der Waals surface area (Å²) in [6.45, 7) is 1.73. The van der Waals surface area contributed by atoms with Gasteiger partial charge in [-0.1, -0.05) is 11.3 Å². The van der Waals surface area contributed by atoms with Crippen LogP contribution in [0.3, 0.4) is 0 Å². The molecule has 0 fully saturated rings. The van der Waals surface area contributed by atoms with E-state index in [0.29, 0.717) is 0 Å². The topological polar surface area (TPSA) is 45.2 Å². The molecule has 1 atom stereocenters. The molecule has 1 rings (SSSR count). The van der Waals surface area contributed by atoms with E-state index in [4.69, 9.17) is 5.11 Å². The number of hydrogen-bond donors (Lipinski definition) is 2. The van der Waals surface area contributed by atoms with Gasteiger partial charge in [0.2, 0.25) is 0 Å². The van der Waals surface area contributed by atoms with Gasteiger partial charge in [-0.25, -0.2) is 4.98 Å². The van der Waals surface area contributed by atoms with Crippen LogP contribution in [0.4, 0.5) is 5.13 Å². The number of nitrogens with zero attached hydrogens (tertiary/aromatic N) is 1. The van der Waals surface area contributed by atoms with Crippen molar-refractivity contribution in [1.82, 2.24) is 4.98 Å². The summed E-state index contributed by atoms with van der Waals surface area (Å²) in [5, 5.41) is 12.8. The fourth-order valence-corrected chi connectivity index (χ4v) is 1.30. The molecule has 11 heavy (non-hydrogen) atoms. The van der Waals surface area contributed by atoms with Crippen molar-refractivity contribution in [3.8, 4) is 0 Å². The number of rotatable bonds is 2. The van der Waals surface area contributed by atoms with Crippen LogP contribution in [0.5, 0.6) is 0 Å². The number of nitrogens with one attached hydrogen (secondary N) is 1. The Kier molecular flexibility index (Phi) is 4.89. The molecule has 1 aromatic rings. The molecule has 0 aliphatic carbocycles. The van der Waals surface area contributed by atoms with Crippen LogP contribution < -0.4 is 5.32 Å². The van der Waals surface area contributed by atoms with E-state index in [9.17, 15) is 0 Å². The smallest absolute Gasteiger partial charge is 0.182 e. The second kappa shape index (κ2) is 4.86. The van der Waals surface area contributed by atoms with Crippen LogP contribution in [0.25, 0.3) is 0 Å². The number of aromatic nitrogens is 1. The zero-order valence-electron chi connectivity index (χ0n) is 6.37. The second-order valence-corrected chi connectivity index (χ2v) is 3.06. The van der Waals surface area contributed by atoms with Gasteiger partial charge in [0.25, 0.3) is 0 Å². The molecule has 0 spiro atoms. The summed E-state index contributed by atoms with van der Waals surface area (Å²) in [7, 11) is 1.81. The van der Waals surface area contributed by atoms with Gasteiger partial charge in [0.1, 0.15) is 0 Å². The predicted molar refractivity (Wildman–Crippen MR) is 42.3 cm³/mol. The Morgan fingerprint density at radius 3 is 2.64 bits per heavy atom. The second-order valence-electron chi connectivity index (χ2n) is 1.99. The van der Waals surface area contributed by atoms with E-state index in [0.717, 1.165) is 10.0 Å². The molecule has 1 heterocycles. The molecule has 3 nitrogen and oxygen atoms in total. The molecule has 0 aliphatic heterocycles. The van der Waals surface area contributed by atoms with Crippen molar-refractivity contribution >= 4 is 16.5 Å². The van der Waals surface area contributed by atoms with Gasteiger partial charge in [-0.2, -0.15) is 0 Å². The molecule has 2 N–H and O–H groups in total. The van der Waals surface area contributed by atoms with Crippen molar-refractivity contribution in [3.05, 3.63) is 11.1 Å². The van der Waals surface area contributed by atoms with Crippen molar-refractivity contribution in [1.29, 1.82) is 0 Å². The van der Waals surface area contributed by atoms with Crippen LogP contribution in [-0.2, 0) is 21.1 Å². The summed E-state index contributed by atoms with van der Waals surface area (Å²) in [6.07, 6.45) is 1.28. The van der Waals surface area contributed by atoms with Crippen molar-refractivity contribution in [2.45, 2.75) is 13.0 Å². The summed E-state index contributed by atoms with van der Waals surface area (Å²) >= 11 is 1.47. The predicted octanol–water partition coefficient (Wildman–Crippen LogP) is 1.24. The van der Waals surface area contributed by atoms with E-state index >= 15 is 0 Å². The Morgan fingerprint density at radius 2 is 2.36 bits per heavy atom. The molecule has 0 amide bonds. The zero-order valence-corrected chi connectivity index (χ0v) is 10.1. The fourth-order valence-electron chi connectivity index (χ4n) is 0.595. The molecule has 0 bridgehead atoms. The first-order valence-corrected chi connectivity index (χ1v) is 3.87. The molecule has 5 heteroatoms. The monoisotopic (exact) mass is 342 g/mol. The molecular formula is C6H10N2OSW. The normalized spacial score (nSPS) is 11.9. The molecular weight excluding hydrogens is 332 g/mol. The Balaban J connectivity index is 0.000001000. The van der Waals surface area contributed by atoms with E-state index in [1.807, 2.05) is 7.05 Å². The molecule has 1 unspecified atom stereocenters. The minimum Gasteiger partial charge on any atom is -0.388 e. The van der Waals surface area contributed by atoms with Gasteiger partial charge in [-0.05, 0) is 6.92 Å². The number of hydrogen-bond acceptors (Lipinski definition) is 4. The third-order valence-electron chi connectivity index (χ3n) is 1.15. The van der Waals surface area contributed by atoms with E-state index in [1.165, 1.54) is 11.3 Å². The average Bonchev–Trinajstić information content (AvgIpc) is 2.34. The van der Waals surface area contributed by atoms with Crippen molar-refractivity contribution in [2.24, 2.45) is 0 Å². The Labute approximate surface area is 84.1 Å². The van der Waals surface area contributed by atoms with Gasteiger partial charge in [0, 0.05) is 34.3 Å². The van der Waals surface area contributed by atoms with Crippen molar-refractivity contribution < 1.29 is 26.2 Å². The molecule has 0 aromatic carbocycles. The summed E-state index contributed by atoms with van der Waals surface area (Å²) in [4.78, 5) is 4.90. The first-order valence-electron chi connectivity index (χ1n) is 3.05. The molecule has 0 saturated heterocycles. The van der Waals surface area contributed by atoms with Crippen LogP contribution in [0.15, 0.2) is 6.20 Å². The maximum Gasteiger partial charge on any atom is 0.182 e. The van der Waals surface area contributed by atoms with Crippen LogP contribution >= 0.6 is 11.3 Å². The third-order valence-corrected chi connectivity index (χ3v) is 2.33. The molecule has 0 aliphatic rings. The SMILES string of the molecule is CNc1ncc(C(C)O)s1.[W]. The Hall–Kier alpha value is 0.0783. The summed E-state index contributed by atoms with van der Waals surface area (Å²) in [5.74, 6) is 0. The number of thiazole rings is 1. The van der Waals surface area contributed by atoms with Crippen molar-refractivity contribution in [2.75, 3.05) is 12.4 Å². The quantitative estimate of drug-likeness (QED) is 0.850. The van der Waals surface area contributed by atoms with E-state index in [1.54, 1.807) is 13.1 Å². The maximum absolute atomic E-state index is 9.08. The first kappa shape index (κ1) is 11.1. The molecule has 62 valence electrons. The molecule has 0 saturated carbocycles. The van der Waals surface area contributed by atoms with Gasteiger partial charge in [0.05, 0.1) is 11.0 Å². The van der Waals surface area contributed by atoms with Gasteiger partial charge in [0.15, 0.2) is 5.13 Å². The number of aliphatic hydroxyl groups is 1. The number of anilines is 1. The van der Waals surface area contributed by atoms with Crippen molar-refractivity contribution in [3.63, 3.8) is 0 Å². The van der Waals surface area contributed by atoms with Gasteiger partial charge < -0.3 is 10.4 Å². The van der Waals surface area contributed by atoms with Gasteiger partial charge >= 0.3 is 0 Å². The molecule has 1 aromatic heterocycles. The van der Waals surface area contributed by atoms with Crippen LogP contribution in [0, 0.1) is 0 Å². The van der Waals surface area contributed by atoms with Gasteiger partial charge in [-0.3, -0.25) is 0 Å². The summed E-state index contributed by atoms with van der Waals surface area (Å²) in [5.41, 5.74) is 0. The number of aliphatic hydroxyl groups excluding tert-OH is 1. The Bertz CT molecular complexity index is 214. The summed E-state index contributed by atoms with van der Waals surface area (Å²) < 4.78 is 0.